The van der Waals surface area contributed by atoms with Crippen LogP contribution in [0.4, 0.5) is 0 Å². The molecule has 190 valence electrons. The summed E-state index contributed by atoms with van der Waals surface area (Å²) < 4.78 is 0. The largest absolute Gasteiger partial charge is 0.508 e. The number of hydrogen-bond acceptors (Lipinski definition) is 5. The monoisotopic (exact) mass is 489 g/mol. The molecule has 7 nitrogen and oxygen atoms in total. The van der Waals surface area contributed by atoms with E-state index in [1.54, 1.807) is 0 Å². The molecule has 0 aromatic heterocycles. The Morgan fingerprint density at radius 3 is 2.67 bits per heavy atom. The topological polar surface area (TPSA) is 90.0 Å². The first-order valence-corrected chi connectivity index (χ1v) is 14.1. The number of likely N-dealkylation sites (tertiary alicyclic amines) is 2. The second-order valence-electron chi connectivity index (χ2n) is 13.0. The molecule has 4 aliphatic carbocycles. The van der Waals surface area contributed by atoms with E-state index in [4.69, 9.17) is 0 Å². The predicted molar refractivity (Wildman–Crippen MR) is 131 cm³/mol. The number of benzene rings is 1. The van der Waals surface area contributed by atoms with E-state index in [2.05, 4.69) is 27.2 Å². The van der Waals surface area contributed by atoms with Gasteiger partial charge in [-0.1, -0.05) is 6.07 Å². The molecule has 8 rings (SSSR count). The first-order valence-electron chi connectivity index (χ1n) is 14.1. The van der Waals surface area contributed by atoms with E-state index < -0.39 is 5.92 Å². The van der Waals surface area contributed by atoms with E-state index in [1.807, 2.05) is 6.07 Å². The maximum atomic E-state index is 13.8. The molecule has 3 saturated heterocycles. The van der Waals surface area contributed by atoms with Gasteiger partial charge in [0.15, 0.2) is 0 Å². The lowest BCUT2D eigenvalue weighted by molar-refractivity contribution is -0.150. The van der Waals surface area contributed by atoms with Crippen LogP contribution in [-0.4, -0.2) is 64.3 Å². The van der Waals surface area contributed by atoms with Crippen molar-refractivity contribution < 1.29 is 19.5 Å². The van der Waals surface area contributed by atoms with Gasteiger partial charge in [0.05, 0.1) is 5.92 Å². The Morgan fingerprint density at radius 2 is 1.89 bits per heavy atom. The van der Waals surface area contributed by atoms with Gasteiger partial charge in [0, 0.05) is 43.4 Å². The van der Waals surface area contributed by atoms with E-state index >= 15 is 0 Å². The number of hydrogen-bond donors (Lipinski definition) is 2. The summed E-state index contributed by atoms with van der Waals surface area (Å²) in [5.41, 5.74) is 2.99. The average molecular weight is 490 g/mol. The number of aromatic hydroxyl groups is 1. The minimum absolute atomic E-state index is 0.00636. The van der Waals surface area contributed by atoms with E-state index in [1.165, 1.54) is 30.5 Å². The molecule has 0 unspecified atom stereocenters. The van der Waals surface area contributed by atoms with Crippen LogP contribution < -0.4 is 5.32 Å². The highest BCUT2D eigenvalue weighted by molar-refractivity contribution is 6.02. The van der Waals surface area contributed by atoms with Crippen molar-refractivity contribution >= 4 is 17.7 Å². The summed E-state index contributed by atoms with van der Waals surface area (Å²) in [7, 11) is 0. The third-order valence-corrected chi connectivity index (χ3v) is 11.5. The molecule has 3 amide bonds. The lowest BCUT2D eigenvalue weighted by Gasteiger charge is -2.66. The van der Waals surface area contributed by atoms with Crippen LogP contribution in [0.2, 0.25) is 0 Å². The van der Waals surface area contributed by atoms with Crippen LogP contribution in [0, 0.1) is 29.1 Å². The van der Waals surface area contributed by atoms with Gasteiger partial charge in [-0.2, -0.15) is 0 Å². The van der Waals surface area contributed by atoms with E-state index in [0.717, 1.165) is 51.1 Å². The Labute approximate surface area is 211 Å². The van der Waals surface area contributed by atoms with Crippen LogP contribution >= 0.6 is 0 Å². The number of phenols is 1. The number of amides is 3. The Hall–Kier alpha value is -2.41. The third-order valence-electron chi connectivity index (χ3n) is 11.5. The van der Waals surface area contributed by atoms with Gasteiger partial charge >= 0.3 is 0 Å². The zero-order chi connectivity index (χ0) is 24.4. The molecule has 6 atom stereocenters. The normalized spacial score (nSPS) is 41.2. The second kappa shape index (κ2) is 7.12. The lowest BCUT2D eigenvalue weighted by Crippen LogP contribution is -2.70. The standard InChI is InChI=1S/C29H35N3O4/c33-20-4-3-17-9-23-28-6-5-22-26(29(28,21(17)12-20)7-8-31(23)14-16-1-2-16)19(13-28)15-32(22)27(36)18-10-24(34)30-25(35)11-18/h3-4,12,16,18-19,22-23,26,33H,1-2,5-11,13-15H2,(H,30,34,35)/t19-,22-,23-,26-,28-,29+/m1/s1. The molecule has 7 aliphatic rings. The number of nitrogens with one attached hydrogen (secondary N) is 1. The fraction of sp³-hybridized carbons (Fsp3) is 0.690. The predicted octanol–water partition coefficient (Wildman–Crippen LogP) is 2.35. The highest BCUT2D eigenvalue weighted by atomic mass is 16.3. The van der Waals surface area contributed by atoms with Crippen LogP contribution in [-0.2, 0) is 26.2 Å². The fourth-order valence-electron chi connectivity index (χ4n) is 10.4. The van der Waals surface area contributed by atoms with Crippen molar-refractivity contribution in [2.24, 2.45) is 29.1 Å². The molecule has 3 saturated carbocycles. The van der Waals surface area contributed by atoms with Crippen molar-refractivity contribution in [1.82, 2.24) is 15.1 Å². The Balaban J connectivity index is 1.20. The first-order chi connectivity index (χ1) is 17.4. The summed E-state index contributed by atoms with van der Waals surface area (Å²) in [6, 6.07) is 6.81. The summed E-state index contributed by atoms with van der Waals surface area (Å²) in [6.45, 7) is 3.10. The maximum absolute atomic E-state index is 13.8. The number of imide groups is 1. The van der Waals surface area contributed by atoms with Gasteiger partial charge < -0.3 is 10.0 Å². The zero-order valence-corrected chi connectivity index (χ0v) is 20.7. The van der Waals surface area contributed by atoms with Crippen molar-refractivity contribution in [3.8, 4) is 5.75 Å². The summed E-state index contributed by atoms with van der Waals surface area (Å²) in [5, 5.41) is 13.0. The number of piperidine rings is 2. The molecule has 4 bridgehead atoms. The van der Waals surface area contributed by atoms with Crippen LogP contribution in [0.1, 0.15) is 62.5 Å². The lowest BCUT2D eigenvalue weighted by atomic mass is 9.43. The van der Waals surface area contributed by atoms with Gasteiger partial charge in [0.1, 0.15) is 5.75 Å². The molecule has 2 N–H and O–H groups in total. The molecule has 1 aromatic rings. The van der Waals surface area contributed by atoms with Crippen LogP contribution in [0.15, 0.2) is 18.2 Å². The highest BCUT2D eigenvalue weighted by Crippen LogP contribution is 2.75. The number of nitrogens with zero attached hydrogens (tertiary/aromatic N) is 2. The highest BCUT2D eigenvalue weighted by Gasteiger charge is 2.76. The molecule has 0 spiro atoms. The quantitative estimate of drug-likeness (QED) is 0.637. The molecule has 1 aromatic carbocycles. The smallest absolute Gasteiger partial charge is 0.227 e. The third kappa shape index (κ3) is 2.65. The van der Waals surface area contributed by atoms with Gasteiger partial charge in [-0.15, -0.1) is 0 Å². The number of carbonyl (C=O) groups is 3. The van der Waals surface area contributed by atoms with Crippen molar-refractivity contribution in [3.63, 3.8) is 0 Å². The van der Waals surface area contributed by atoms with Crippen molar-refractivity contribution in [2.75, 3.05) is 19.6 Å². The van der Waals surface area contributed by atoms with E-state index in [-0.39, 0.29) is 47.4 Å². The van der Waals surface area contributed by atoms with Crippen LogP contribution in [0.5, 0.6) is 5.75 Å². The number of phenolic OH excluding ortho intramolecular Hbond substituents is 1. The van der Waals surface area contributed by atoms with Gasteiger partial charge in [-0.05, 0) is 97.9 Å². The molecule has 0 radical (unpaired) electrons. The maximum Gasteiger partial charge on any atom is 0.227 e. The Morgan fingerprint density at radius 1 is 1.08 bits per heavy atom. The molecule has 7 heteroatoms. The molecular formula is C29H35N3O4. The Kier molecular flexibility index (Phi) is 4.28. The van der Waals surface area contributed by atoms with Crippen molar-refractivity contribution in [3.05, 3.63) is 29.3 Å². The minimum Gasteiger partial charge on any atom is -0.508 e. The molecule has 3 aliphatic heterocycles. The van der Waals surface area contributed by atoms with Gasteiger partial charge in [0.2, 0.25) is 17.7 Å². The van der Waals surface area contributed by atoms with Crippen LogP contribution in [0.3, 0.4) is 0 Å². The Bertz CT molecular complexity index is 1180. The first kappa shape index (κ1) is 21.7. The molecule has 6 fully saturated rings. The van der Waals surface area contributed by atoms with Crippen molar-refractivity contribution in [2.45, 2.75) is 75.3 Å². The molecule has 36 heavy (non-hydrogen) atoms. The van der Waals surface area contributed by atoms with E-state index in [0.29, 0.717) is 23.6 Å². The van der Waals surface area contributed by atoms with E-state index in [9.17, 15) is 19.5 Å². The fourth-order valence-corrected chi connectivity index (χ4v) is 10.4. The zero-order valence-electron chi connectivity index (χ0n) is 20.7. The summed E-state index contributed by atoms with van der Waals surface area (Å²) >= 11 is 0. The SMILES string of the molecule is O=C1CC(C(=O)N2C[C@H]3C[C@@]45CC[C@@H]2[C@@H]3[C@@]42CCN(CC3CC3)[C@@H]5Cc3ccc(O)cc32)CC(=O)N1. The molecular weight excluding hydrogens is 454 g/mol. The number of fused-ring (bicyclic) bond motifs is 1. The van der Waals surface area contributed by atoms with Gasteiger partial charge in [-0.3, -0.25) is 24.6 Å². The van der Waals surface area contributed by atoms with Gasteiger partial charge in [0.25, 0.3) is 0 Å². The van der Waals surface area contributed by atoms with Crippen molar-refractivity contribution in [1.29, 1.82) is 0 Å². The van der Waals surface area contributed by atoms with Crippen LogP contribution in [0.25, 0.3) is 0 Å². The summed E-state index contributed by atoms with van der Waals surface area (Å²) in [4.78, 5) is 42.8. The second-order valence-corrected chi connectivity index (χ2v) is 13.0. The summed E-state index contributed by atoms with van der Waals surface area (Å²) in [5.74, 6) is 0.910. The van der Waals surface area contributed by atoms with Gasteiger partial charge in [-0.25, -0.2) is 0 Å². The number of rotatable bonds is 3. The average Bonchev–Trinajstić information content (AvgIpc) is 3.53. The number of carbonyl (C=O) groups excluding carboxylic acids is 3. The summed E-state index contributed by atoms with van der Waals surface area (Å²) in [6.07, 6.45) is 8.47. The molecule has 3 heterocycles. The minimum atomic E-state index is -0.523.